The molecule has 148 valence electrons. The van der Waals surface area contributed by atoms with Crippen LogP contribution in [0.25, 0.3) is 0 Å². The first kappa shape index (κ1) is 19.6. The van der Waals surface area contributed by atoms with Crippen molar-refractivity contribution in [3.8, 4) is 0 Å². The number of likely N-dealkylation sites (tertiary alicyclic amines) is 1. The number of piperidine rings is 1. The number of amides is 1. The van der Waals surface area contributed by atoms with Crippen molar-refractivity contribution in [3.05, 3.63) is 33.9 Å². The van der Waals surface area contributed by atoms with E-state index in [-0.39, 0.29) is 16.5 Å². The lowest BCUT2D eigenvalue weighted by molar-refractivity contribution is -0.384. The molecular formula is C20H30N4O3. The highest BCUT2D eigenvalue weighted by molar-refractivity contribution is 5.96. The van der Waals surface area contributed by atoms with Gasteiger partial charge in [-0.25, -0.2) is 0 Å². The fourth-order valence-corrected chi connectivity index (χ4v) is 4.58. The maximum absolute atomic E-state index is 12.8. The number of carbonyl (C=O) groups excluding carboxylic acids is 1. The van der Waals surface area contributed by atoms with Crippen molar-refractivity contribution in [2.75, 3.05) is 44.7 Å². The zero-order valence-corrected chi connectivity index (χ0v) is 16.5. The zero-order chi connectivity index (χ0) is 19.6. The molecule has 27 heavy (non-hydrogen) atoms. The molecule has 7 heteroatoms. The van der Waals surface area contributed by atoms with Crippen LogP contribution < -0.4 is 10.2 Å². The van der Waals surface area contributed by atoms with Crippen LogP contribution in [0.5, 0.6) is 0 Å². The van der Waals surface area contributed by atoms with Gasteiger partial charge in [-0.15, -0.1) is 0 Å². The number of nitrogens with zero attached hydrogens (tertiary/aromatic N) is 3. The number of rotatable bonds is 5. The highest BCUT2D eigenvalue weighted by Gasteiger charge is 2.30. The Hall–Kier alpha value is -2.15. The Morgan fingerprint density at radius 1 is 1.26 bits per heavy atom. The van der Waals surface area contributed by atoms with Crippen molar-refractivity contribution < 1.29 is 9.72 Å². The lowest BCUT2D eigenvalue weighted by Crippen LogP contribution is -2.39. The highest BCUT2D eigenvalue weighted by Crippen LogP contribution is 2.34. The fraction of sp³-hybridized carbons (Fsp3) is 0.650. The Bertz CT molecular complexity index is 698. The van der Waals surface area contributed by atoms with E-state index in [0.717, 1.165) is 32.5 Å². The van der Waals surface area contributed by atoms with Crippen molar-refractivity contribution in [2.45, 2.75) is 26.7 Å². The summed E-state index contributed by atoms with van der Waals surface area (Å²) < 4.78 is 0. The van der Waals surface area contributed by atoms with Gasteiger partial charge in [0.15, 0.2) is 0 Å². The first-order valence-corrected chi connectivity index (χ1v) is 9.86. The van der Waals surface area contributed by atoms with Crippen molar-refractivity contribution in [1.82, 2.24) is 10.2 Å². The molecular weight excluding hydrogens is 344 g/mol. The Balaban J connectivity index is 1.81. The van der Waals surface area contributed by atoms with Gasteiger partial charge in [0.05, 0.1) is 4.92 Å². The zero-order valence-electron chi connectivity index (χ0n) is 16.5. The topological polar surface area (TPSA) is 78.7 Å². The Morgan fingerprint density at radius 3 is 2.59 bits per heavy atom. The molecule has 0 radical (unpaired) electrons. The second-order valence-corrected chi connectivity index (χ2v) is 8.28. The van der Waals surface area contributed by atoms with E-state index in [1.807, 2.05) is 11.9 Å². The molecule has 2 aliphatic rings. The largest absolute Gasteiger partial charge is 0.365 e. The molecule has 0 bridgehead atoms. The van der Waals surface area contributed by atoms with Gasteiger partial charge in [0, 0.05) is 37.8 Å². The average Bonchev–Trinajstić information content (AvgIpc) is 3.08. The molecule has 2 fully saturated rings. The summed E-state index contributed by atoms with van der Waals surface area (Å²) in [5.41, 5.74) is 1.08. The molecule has 7 nitrogen and oxygen atoms in total. The second kappa shape index (κ2) is 8.25. The molecule has 1 amide bonds. The van der Waals surface area contributed by atoms with Gasteiger partial charge in [0.25, 0.3) is 11.6 Å². The van der Waals surface area contributed by atoms with Gasteiger partial charge in [0.2, 0.25) is 0 Å². The quantitative estimate of drug-likeness (QED) is 0.633. The molecule has 1 N–H and O–H groups in total. The number of nitrogens with one attached hydrogen (secondary N) is 1. The first-order chi connectivity index (χ1) is 12.9. The van der Waals surface area contributed by atoms with E-state index in [4.69, 9.17) is 0 Å². The molecule has 3 atom stereocenters. The van der Waals surface area contributed by atoms with Crippen LogP contribution in [0.3, 0.4) is 0 Å². The van der Waals surface area contributed by atoms with Crippen LogP contribution in [0.15, 0.2) is 18.2 Å². The maximum Gasteiger partial charge on any atom is 0.293 e. The lowest BCUT2D eigenvalue weighted by atomic mass is 9.91. The molecule has 3 unspecified atom stereocenters. The van der Waals surface area contributed by atoms with Crippen LogP contribution in [-0.4, -0.2) is 55.5 Å². The molecule has 2 aliphatic heterocycles. The predicted octanol–water partition coefficient (Wildman–Crippen LogP) is 2.76. The van der Waals surface area contributed by atoms with Gasteiger partial charge in [-0.1, -0.05) is 13.8 Å². The maximum atomic E-state index is 12.8. The Morgan fingerprint density at radius 2 is 1.96 bits per heavy atom. The fourth-order valence-electron chi connectivity index (χ4n) is 4.58. The monoisotopic (exact) mass is 374 g/mol. The smallest absolute Gasteiger partial charge is 0.293 e. The normalized spacial score (nSPS) is 25.7. The Labute approximate surface area is 160 Å². The van der Waals surface area contributed by atoms with E-state index >= 15 is 0 Å². The van der Waals surface area contributed by atoms with E-state index in [2.05, 4.69) is 24.1 Å². The number of carbonyl (C=O) groups is 1. The van der Waals surface area contributed by atoms with E-state index in [9.17, 15) is 14.9 Å². The SMILES string of the molecule is CNCC1CCN(C(=O)c2ccc(N3CC(C)CC(C)C3)c([N+](=O)[O-])c2)C1. The van der Waals surface area contributed by atoms with Crippen LogP contribution in [0.2, 0.25) is 0 Å². The summed E-state index contributed by atoms with van der Waals surface area (Å²) in [5, 5.41) is 14.9. The third-order valence-electron chi connectivity index (χ3n) is 5.69. The number of anilines is 1. The highest BCUT2D eigenvalue weighted by atomic mass is 16.6. The van der Waals surface area contributed by atoms with Crippen LogP contribution in [0.4, 0.5) is 11.4 Å². The van der Waals surface area contributed by atoms with Crippen LogP contribution in [-0.2, 0) is 0 Å². The molecule has 3 rings (SSSR count). The second-order valence-electron chi connectivity index (χ2n) is 8.28. The third-order valence-corrected chi connectivity index (χ3v) is 5.69. The van der Waals surface area contributed by atoms with E-state index in [1.165, 1.54) is 6.07 Å². The number of benzene rings is 1. The van der Waals surface area contributed by atoms with Gasteiger partial charge in [-0.05, 0) is 56.3 Å². The molecule has 2 heterocycles. The Kier molecular flexibility index (Phi) is 5.99. The van der Waals surface area contributed by atoms with Gasteiger partial charge >= 0.3 is 0 Å². The summed E-state index contributed by atoms with van der Waals surface area (Å²) >= 11 is 0. The van der Waals surface area contributed by atoms with Gasteiger partial charge in [0.1, 0.15) is 5.69 Å². The lowest BCUT2D eigenvalue weighted by Gasteiger charge is -2.36. The minimum Gasteiger partial charge on any atom is -0.365 e. The van der Waals surface area contributed by atoms with Crippen molar-refractivity contribution in [2.24, 2.45) is 17.8 Å². The first-order valence-electron chi connectivity index (χ1n) is 9.86. The number of hydrogen-bond donors (Lipinski definition) is 1. The average molecular weight is 374 g/mol. The molecule has 0 saturated carbocycles. The van der Waals surface area contributed by atoms with E-state index in [0.29, 0.717) is 42.1 Å². The molecule has 0 aromatic heterocycles. The van der Waals surface area contributed by atoms with Crippen molar-refractivity contribution in [3.63, 3.8) is 0 Å². The minimum absolute atomic E-state index is 0.0353. The van der Waals surface area contributed by atoms with E-state index < -0.39 is 0 Å². The standard InChI is InChI=1S/C20H30N4O3/c1-14-8-15(2)12-23(11-14)18-5-4-17(9-19(18)24(26)27)20(25)22-7-6-16(13-22)10-21-3/h4-5,9,14-16,21H,6-8,10-13H2,1-3H3. The summed E-state index contributed by atoms with van der Waals surface area (Å²) in [7, 11) is 1.91. The van der Waals surface area contributed by atoms with Gasteiger partial charge < -0.3 is 15.1 Å². The molecule has 0 spiro atoms. The number of hydrogen-bond acceptors (Lipinski definition) is 5. The van der Waals surface area contributed by atoms with Gasteiger partial charge in [-0.3, -0.25) is 14.9 Å². The molecule has 0 aliphatic carbocycles. The predicted molar refractivity (Wildman–Crippen MR) is 106 cm³/mol. The van der Waals surface area contributed by atoms with Crippen molar-refractivity contribution >= 4 is 17.3 Å². The minimum atomic E-state index is -0.357. The summed E-state index contributed by atoms with van der Waals surface area (Å²) in [6.45, 7) is 8.29. The molecule has 1 aromatic rings. The van der Waals surface area contributed by atoms with E-state index in [1.54, 1.807) is 12.1 Å². The number of nitro groups is 1. The van der Waals surface area contributed by atoms with Crippen LogP contribution >= 0.6 is 0 Å². The summed E-state index contributed by atoms with van der Waals surface area (Å²) in [6.07, 6.45) is 2.11. The third kappa shape index (κ3) is 4.40. The summed E-state index contributed by atoms with van der Waals surface area (Å²) in [4.78, 5) is 28.1. The summed E-state index contributed by atoms with van der Waals surface area (Å²) in [6, 6.07) is 4.98. The summed E-state index contributed by atoms with van der Waals surface area (Å²) in [5.74, 6) is 1.35. The van der Waals surface area contributed by atoms with Crippen LogP contribution in [0.1, 0.15) is 37.0 Å². The van der Waals surface area contributed by atoms with Crippen molar-refractivity contribution in [1.29, 1.82) is 0 Å². The molecule has 1 aromatic carbocycles. The van der Waals surface area contributed by atoms with Gasteiger partial charge in [-0.2, -0.15) is 0 Å². The molecule has 2 saturated heterocycles. The van der Waals surface area contributed by atoms with Crippen LogP contribution in [0, 0.1) is 27.9 Å². The number of nitro benzene ring substituents is 1.